The summed E-state index contributed by atoms with van der Waals surface area (Å²) in [6.45, 7) is 0.765. The number of amides is 1. The van der Waals surface area contributed by atoms with Gasteiger partial charge in [0.2, 0.25) is 15.9 Å². The van der Waals surface area contributed by atoms with Crippen LogP contribution in [-0.2, 0) is 14.8 Å². The summed E-state index contributed by atoms with van der Waals surface area (Å²) in [5.74, 6) is 0.373. The van der Waals surface area contributed by atoms with Gasteiger partial charge in [0.05, 0.1) is 28.5 Å². The number of carbonyl (C=O) groups is 1. The average molecular weight is 445 g/mol. The molecular weight excluding hydrogens is 423 g/mol. The second-order valence-electron chi connectivity index (χ2n) is 6.02. The Bertz CT molecular complexity index is 906. The number of nitrogens with zero attached hydrogens (tertiary/aromatic N) is 1. The Hall–Kier alpha value is -1.96. The lowest BCUT2D eigenvalue weighted by atomic mass is 10.2. The fraction of sp³-hybridized carbons (Fsp3) is 0.316. The zero-order chi connectivity index (χ0) is 20.6. The molecule has 0 saturated carbocycles. The Morgan fingerprint density at radius 1 is 1.07 bits per heavy atom. The van der Waals surface area contributed by atoms with Crippen molar-refractivity contribution in [3.63, 3.8) is 0 Å². The molecule has 0 aliphatic heterocycles. The van der Waals surface area contributed by atoms with E-state index in [1.165, 1.54) is 4.31 Å². The Labute approximate surface area is 175 Å². The van der Waals surface area contributed by atoms with E-state index < -0.39 is 10.0 Å². The van der Waals surface area contributed by atoms with Gasteiger partial charge in [-0.1, -0.05) is 47.5 Å². The summed E-state index contributed by atoms with van der Waals surface area (Å²) in [6.07, 6.45) is 1.65. The average Bonchev–Trinajstić information content (AvgIpc) is 2.64. The number of benzene rings is 2. The minimum atomic E-state index is -3.51. The molecule has 0 saturated heterocycles. The molecule has 2 aromatic carbocycles. The van der Waals surface area contributed by atoms with Crippen LogP contribution in [0.25, 0.3) is 0 Å². The summed E-state index contributed by atoms with van der Waals surface area (Å²) in [4.78, 5) is 12.0. The standard InChI is InChI=1S/C19H22Cl2N2O4S/c1-28(25,26)23(17-9-4-2-7-15(17)20)13-6-11-19(24)22-12-14-27-18-10-5-3-8-16(18)21/h2-5,7-10H,6,11-14H2,1H3,(H,22,24). The Morgan fingerprint density at radius 2 is 1.71 bits per heavy atom. The lowest BCUT2D eigenvalue weighted by molar-refractivity contribution is -0.121. The van der Waals surface area contributed by atoms with Crippen molar-refractivity contribution in [3.8, 4) is 5.75 Å². The molecule has 0 aliphatic carbocycles. The predicted molar refractivity (Wildman–Crippen MR) is 113 cm³/mol. The lowest BCUT2D eigenvalue weighted by Crippen LogP contribution is -2.33. The quantitative estimate of drug-likeness (QED) is 0.566. The second-order valence-corrected chi connectivity index (χ2v) is 8.74. The third-order valence-corrected chi connectivity index (χ3v) is 5.62. The van der Waals surface area contributed by atoms with Gasteiger partial charge in [-0.2, -0.15) is 0 Å². The molecule has 0 aliphatic rings. The van der Waals surface area contributed by atoms with Gasteiger partial charge >= 0.3 is 0 Å². The maximum atomic E-state index is 12.1. The first-order valence-electron chi connectivity index (χ1n) is 8.65. The minimum absolute atomic E-state index is 0.159. The van der Waals surface area contributed by atoms with Crippen molar-refractivity contribution in [1.29, 1.82) is 0 Å². The van der Waals surface area contributed by atoms with Gasteiger partial charge in [-0.05, 0) is 30.7 Å². The van der Waals surface area contributed by atoms with Crippen LogP contribution < -0.4 is 14.4 Å². The Balaban J connectivity index is 1.77. The highest BCUT2D eigenvalue weighted by Crippen LogP contribution is 2.27. The van der Waals surface area contributed by atoms with Gasteiger partial charge in [0.25, 0.3) is 0 Å². The first-order chi connectivity index (χ1) is 13.3. The third kappa shape index (κ3) is 6.89. The van der Waals surface area contributed by atoms with E-state index in [-0.39, 0.29) is 25.5 Å². The van der Waals surface area contributed by atoms with Crippen molar-refractivity contribution in [2.45, 2.75) is 12.8 Å². The largest absolute Gasteiger partial charge is 0.490 e. The summed E-state index contributed by atoms with van der Waals surface area (Å²) in [7, 11) is -3.51. The van der Waals surface area contributed by atoms with E-state index in [0.29, 0.717) is 34.4 Å². The summed E-state index contributed by atoms with van der Waals surface area (Å²) in [5.41, 5.74) is 0.403. The summed E-state index contributed by atoms with van der Waals surface area (Å²) < 4.78 is 30.9. The number of hydrogen-bond donors (Lipinski definition) is 1. The number of rotatable bonds is 10. The molecule has 6 nitrogen and oxygen atoms in total. The normalized spacial score (nSPS) is 11.1. The van der Waals surface area contributed by atoms with E-state index in [4.69, 9.17) is 27.9 Å². The van der Waals surface area contributed by atoms with Gasteiger partial charge in [-0.3, -0.25) is 9.10 Å². The van der Waals surface area contributed by atoms with Crippen LogP contribution in [0, 0.1) is 0 Å². The number of anilines is 1. The zero-order valence-electron chi connectivity index (χ0n) is 15.4. The van der Waals surface area contributed by atoms with Crippen LogP contribution in [0.3, 0.4) is 0 Å². The SMILES string of the molecule is CS(=O)(=O)N(CCCC(=O)NCCOc1ccccc1Cl)c1ccccc1Cl. The molecule has 152 valence electrons. The highest BCUT2D eigenvalue weighted by molar-refractivity contribution is 7.92. The van der Waals surface area contributed by atoms with Crippen molar-refractivity contribution in [1.82, 2.24) is 5.32 Å². The number of carbonyl (C=O) groups excluding carboxylic acids is 1. The molecule has 0 atom stereocenters. The molecule has 0 spiro atoms. The molecule has 1 amide bonds. The minimum Gasteiger partial charge on any atom is -0.490 e. The van der Waals surface area contributed by atoms with E-state index in [1.807, 2.05) is 6.07 Å². The summed E-state index contributed by atoms with van der Waals surface area (Å²) in [5, 5.41) is 3.59. The van der Waals surface area contributed by atoms with Crippen LogP contribution in [0.5, 0.6) is 5.75 Å². The van der Waals surface area contributed by atoms with Crippen LogP contribution in [0.4, 0.5) is 5.69 Å². The number of ether oxygens (including phenoxy) is 1. The van der Waals surface area contributed by atoms with Gasteiger partial charge in [0.15, 0.2) is 0 Å². The monoisotopic (exact) mass is 444 g/mol. The molecule has 28 heavy (non-hydrogen) atoms. The summed E-state index contributed by atoms with van der Waals surface area (Å²) >= 11 is 12.1. The van der Waals surface area contributed by atoms with Crippen LogP contribution in [0.2, 0.25) is 10.0 Å². The molecule has 2 aromatic rings. The van der Waals surface area contributed by atoms with Crippen molar-refractivity contribution in [2.75, 3.05) is 30.3 Å². The van der Waals surface area contributed by atoms with E-state index >= 15 is 0 Å². The van der Waals surface area contributed by atoms with Gasteiger partial charge in [-0.25, -0.2) is 8.42 Å². The lowest BCUT2D eigenvalue weighted by Gasteiger charge is -2.23. The van der Waals surface area contributed by atoms with Gasteiger partial charge < -0.3 is 10.1 Å². The third-order valence-electron chi connectivity index (χ3n) is 3.80. The van der Waals surface area contributed by atoms with E-state index in [0.717, 1.165) is 6.26 Å². The maximum Gasteiger partial charge on any atom is 0.232 e. The number of hydrogen-bond acceptors (Lipinski definition) is 4. The van der Waals surface area contributed by atoms with Gasteiger partial charge in [0, 0.05) is 13.0 Å². The van der Waals surface area contributed by atoms with Crippen molar-refractivity contribution >= 4 is 44.8 Å². The van der Waals surface area contributed by atoms with Gasteiger partial charge in [0.1, 0.15) is 12.4 Å². The van der Waals surface area contributed by atoms with Crippen LogP contribution in [0.1, 0.15) is 12.8 Å². The van der Waals surface area contributed by atoms with E-state index in [1.54, 1.807) is 42.5 Å². The van der Waals surface area contributed by atoms with Crippen LogP contribution in [0.15, 0.2) is 48.5 Å². The smallest absolute Gasteiger partial charge is 0.232 e. The summed E-state index contributed by atoms with van der Waals surface area (Å²) in [6, 6.07) is 13.8. The van der Waals surface area contributed by atoms with E-state index in [9.17, 15) is 13.2 Å². The molecule has 0 bridgehead atoms. The zero-order valence-corrected chi connectivity index (χ0v) is 17.7. The number of sulfonamides is 1. The fourth-order valence-electron chi connectivity index (χ4n) is 2.50. The topological polar surface area (TPSA) is 75.7 Å². The molecule has 0 radical (unpaired) electrons. The maximum absolute atomic E-state index is 12.1. The van der Waals surface area contributed by atoms with Crippen LogP contribution in [-0.4, -0.2) is 40.3 Å². The molecule has 2 rings (SSSR count). The molecule has 0 fully saturated rings. The van der Waals surface area contributed by atoms with Crippen molar-refractivity contribution < 1.29 is 17.9 Å². The first-order valence-corrected chi connectivity index (χ1v) is 11.3. The van der Waals surface area contributed by atoms with Crippen LogP contribution >= 0.6 is 23.2 Å². The van der Waals surface area contributed by atoms with Crippen molar-refractivity contribution in [2.24, 2.45) is 0 Å². The molecule has 0 unspecified atom stereocenters. The molecule has 1 N–H and O–H groups in total. The molecule has 0 aromatic heterocycles. The highest BCUT2D eigenvalue weighted by atomic mass is 35.5. The fourth-order valence-corrected chi connectivity index (χ4v) is 3.96. The first kappa shape index (κ1) is 22.3. The number of nitrogens with one attached hydrogen (secondary N) is 1. The van der Waals surface area contributed by atoms with Crippen molar-refractivity contribution in [3.05, 3.63) is 58.6 Å². The molecular formula is C19H22Cl2N2O4S. The number of halogens is 2. The second kappa shape index (κ2) is 10.5. The number of para-hydroxylation sites is 2. The van der Waals surface area contributed by atoms with Gasteiger partial charge in [-0.15, -0.1) is 0 Å². The Kier molecular flexibility index (Phi) is 8.41. The predicted octanol–water partition coefficient (Wildman–Crippen LogP) is 3.73. The van der Waals surface area contributed by atoms with E-state index in [2.05, 4.69) is 5.32 Å². The molecule has 9 heteroatoms. The molecule has 0 heterocycles. The Morgan fingerprint density at radius 3 is 2.36 bits per heavy atom. The highest BCUT2D eigenvalue weighted by Gasteiger charge is 2.19.